The summed E-state index contributed by atoms with van der Waals surface area (Å²) in [6, 6.07) is 20.4. The molecule has 0 atom stereocenters. The number of aromatic nitrogens is 1. The molecule has 284 valence electrons. The van der Waals surface area contributed by atoms with E-state index in [1.165, 1.54) is 27.6 Å². The van der Waals surface area contributed by atoms with Crippen LogP contribution in [-0.2, 0) is 31.2 Å². The summed E-state index contributed by atoms with van der Waals surface area (Å²) >= 11 is 0. The zero-order chi connectivity index (χ0) is 40.5. The van der Waals surface area contributed by atoms with Gasteiger partial charge in [0.1, 0.15) is 5.76 Å². The highest BCUT2D eigenvalue weighted by Gasteiger charge is 2.42. The van der Waals surface area contributed by atoms with Crippen molar-refractivity contribution in [2.45, 2.75) is 119 Å². The lowest BCUT2D eigenvalue weighted by Crippen LogP contribution is -2.16. The van der Waals surface area contributed by atoms with E-state index >= 15 is 0 Å². The number of allylic oxidation sites excluding steroid dienone is 2. The summed E-state index contributed by atoms with van der Waals surface area (Å²) in [5.74, 6) is -1.59. The Labute approximate surface area is 329 Å². The van der Waals surface area contributed by atoms with Gasteiger partial charge < -0.3 is 10.1 Å². The summed E-state index contributed by atoms with van der Waals surface area (Å²) in [4.78, 5) is 32.5. The molecule has 0 radical (unpaired) electrons. The fraction of sp³-hybridized carbons (Fsp3) is 0.346. The molecule has 0 unspecified atom stereocenters. The van der Waals surface area contributed by atoms with Gasteiger partial charge in [-0.1, -0.05) is 107 Å². The van der Waals surface area contributed by atoms with Gasteiger partial charge in [0.05, 0.1) is 16.8 Å². The fourth-order valence-electron chi connectivity index (χ4n) is 9.54. The van der Waals surface area contributed by atoms with Crippen LogP contribution >= 0.6 is 0 Å². The van der Waals surface area contributed by atoms with Crippen LogP contribution in [0.1, 0.15) is 122 Å². The Morgan fingerprint density at radius 1 is 0.500 bits per heavy atom. The number of aliphatic hydroxyl groups is 1. The molecule has 0 spiro atoms. The first-order valence-corrected chi connectivity index (χ1v) is 20.1. The highest BCUT2D eigenvalue weighted by atomic mass is 16.3. The number of hydrogen-bond donors (Lipinski definition) is 2. The van der Waals surface area contributed by atoms with Crippen molar-refractivity contribution in [3.63, 3.8) is 0 Å². The van der Waals surface area contributed by atoms with Gasteiger partial charge in [0, 0.05) is 16.8 Å². The van der Waals surface area contributed by atoms with E-state index in [9.17, 15) is 14.7 Å². The first kappa shape index (κ1) is 36.4. The molecule has 56 heavy (non-hydrogen) atoms. The molecule has 4 aromatic carbocycles. The zero-order valence-corrected chi connectivity index (χ0v) is 35.5. The fourth-order valence-corrected chi connectivity index (χ4v) is 9.54. The number of nitrogens with one attached hydrogen (secondary N) is 1. The van der Waals surface area contributed by atoms with E-state index in [1.807, 2.05) is 13.0 Å². The standard InChI is InChI=1S/C52H53NO3/c1-24-15-32(41-35-22-30(51(9,10)11)17-26-16-28(49(3,4)5)20-33(37(24)41)39(26)35)43-46(54)44(48(56)47(43)55)45-42-36-23-31(52(12,13)14)19-27-18-29(50(6,7)8)21-34(40(27)36)38(42)25(2)53-45/h15-23,53-54H,1-14H3/b43-32-. The second kappa shape index (κ2) is 11.0. The minimum absolute atomic E-state index is 0.0548. The first-order valence-electron chi connectivity index (χ1n) is 20.1. The zero-order valence-electron chi connectivity index (χ0n) is 35.5. The molecule has 0 fully saturated rings. The van der Waals surface area contributed by atoms with Crippen molar-refractivity contribution in [1.29, 1.82) is 0 Å². The first-order chi connectivity index (χ1) is 25.9. The summed E-state index contributed by atoms with van der Waals surface area (Å²) < 4.78 is 0. The number of fused-ring (bicyclic) bond motifs is 5. The molecule has 4 heteroatoms. The number of aliphatic hydroxyl groups excluding tert-OH is 1. The molecule has 0 bridgehead atoms. The van der Waals surface area contributed by atoms with E-state index in [2.05, 4.69) is 144 Å². The number of ketones is 2. The minimum Gasteiger partial charge on any atom is -0.506 e. The Morgan fingerprint density at radius 3 is 1.43 bits per heavy atom. The third-order valence-corrected chi connectivity index (χ3v) is 12.8. The molecule has 1 heterocycles. The van der Waals surface area contributed by atoms with Crippen LogP contribution in [0, 0.1) is 24.3 Å². The van der Waals surface area contributed by atoms with Crippen molar-refractivity contribution in [2.24, 2.45) is 0 Å². The summed E-state index contributed by atoms with van der Waals surface area (Å²) in [5.41, 5.74) is 11.1. The van der Waals surface area contributed by atoms with Gasteiger partial charge in [0.25, 0.3) is 0 Å². The van der Waals surface area contributed by atoms with Crippen molar-refractivity contribution < 1.29 is 14.7 Å². The molecule has 0 saturated carbocycles. The van der Waals surface area contributed by atoms with E-state index in [-0.39, 0.29) is 38.6 Å². The van der Waals surface area contributed by atoms with Gasteiger partial charge in [-0.2, -0.15) is 0 Å². The van der Waals surface area contributed by atoms with Crippen molar-refractivity contribution in [1.82, 2.24) is 4.98 Å². The van der Waals surface area contributed by atoms with Gasteiger partial charge in [0.15, 0.2) is 0 Å². The number of carbonyl (C=O) groups is 2. The lowest BCUT2D eigenvalue weighted by molar-refractivity contribution is -0.129. The summed E-state index contributed by atoms with van der Waals surface area (Å²) in [6.45, 7) is 30.9. The van der Waals surface area contributed by atoms with Gasteiger partial charge in [-0.15, -0.1) is 0 Å². The maximum absolute atomic E-state index is 14.5. The van der Waals surface area contributed by atoms with Crippen LogP contribution in [-0.4, -0.2) is 21.7 Å². The Balaban J connectivity index is 1.39. The van der Waals surface area contributed by atoms with Crippen LogP contribution in [0.4, 0.5) is 0 Å². The third kappa shape index (κ3) is 4.90. The Bertz CT molecular complexity index is 3090. The average molecular weight is 740 g/mol. The lowest BCUT2D eigenvalue weighted by atomic mass is 9.81. The van der Waals surface area contributed by atoms with Crippen molar-refractivity contribution in [2.75, 3.05) is 0 Å². The Morgan fingerprint density at radius 2 is 0.929 bits per heavy atom. The van der Waals surface area contributed by atoms with Crippen molar-refractivity contribution in [3.8, 4) is 22.3 Å². The topological polar surface area (TPSA) is 70.2 Å². The number of H-pyrrole nitrogens is 1. The van der Waals surface area contributed by atoms with Gasteiger partial charge in [-0.25, -0.2) is 0 Å². The smallest absolute Gasteiger partial charge is 0.239 e. The van der Waals surface area contributed by atoms with Crippen LogP contribution in [0.2, 0.25) is 0 Å². The lowest BCUT2D eigenvalue weighted by Gasteiger charge is -2.23. The van der Waals surface area contributed by atoms with E-state index in [0.717, 1.165) is 70.9 Å². The number of aromatic amines is 1. The molecule has 4 aliphatic carbocycles. The van der Waals surface area contributed by atoms with Crippen LogP contribution in [0.25, 0.3) is 65.7 Å². The van der Waals surface area contributed by atoms with E-state index < -0.39 is 11.6 Å². The van der Waals surface area contributed by atoms with Gasteiger partial charge in [-0.05, 0) is 153 Å². The Hall–Kier alpha value is -5.22. The van der Waals surface area contributed by atoms with Crippen LogP contribution in [0.5, 0.6) is 0 Å². The molecular weight excluding hydrogens is 687 g/mol. The molecule has 4 aliphatic rings. The quantitative estimate of drug-likeness (QED) is 0.165. The van der Waals surface area contributed by atoms with E-state index in [4.69, 9.17) is 0 Å². The van der Waals surface area contributed by atoms with Gasteiger partial charge >= 0.3 is 0 Å². The number of aryl methyl sites for hydroxylation is 2. The predicted octanol–water partition coefficient (Wildman–Crippen LogP) is 12.1. The Kier molecular flexibility index (Phi) is 7.15. The second-order valence-electron chi connectivity index (χ2n) is 20.9. The molecule has 2 N–H and O–H groups in total. The van der Waals surface area contributed by atoms with E-state index in [1.54, 1.807) is 0 Å². The van der Waals surface area contributed by atoms with Crippen LogP contribution < -0.4 is 5.22 Å². The normalized spacial score (nSPS) is 16.3. The van der Waals surface area contributed by atoms with Gasteiger partial charge in [0.2, 0.25) is 11.6 Å². The average Bonchev–Trinajstić information content (AvgIpc) is 3.84. The molecule has 0 amide bonds. The number of rotatable bonds is 1. The third-order valence-electron chi connectivity index (χ3n) is 12.8. The predicted molar refractivity (Wildman–Crippen MR) is 233 cm³/mol. The SMILES string of the molecule is Cc1[nH]c(C2=C(O)/C(=c3\cc(C)c4c5cc(C(C)(C)C)cc6cc(C(C)(C)C)cc(c3=4)c65)C(=O)C2=O)c2c1-c1cc(C(C)(C)C)cc3cc(C(C)(C)C)cc-2c13. The molecule has 0 saturated heterocycles. The minimum atomic E-state index is -0.678. The summed E-state index contributed by atoms with van der Waals surface area (Å²) in [5, 5.41) is 21.9. The second-order valence-corrected chi connectivity index (χ2v) is 20.9. The van der Waals surface area contributed by atoms with Crippen molar-refractivity contribution in [3.05, 3.63) is 115 Å². The maximum atomic E-state index is 14.5. The summed E-state index contributed by atoms with van der Waals surface area (Å²) in [7, 11) is 0. The maximum Gasteiger partial charge on any atom is 0.239 e. The number of hydrogen-bond acceptors (Lipinski definition) is 3. The molecule has 4 nitrogen and oxygen atoms in total. The molecule has 9 rings (SSSR count). The van der Waals surface area contributed by atoms with E-state index in [0.29, 0.717) is 10.9 Å². The largest absolute Gasteiger partial charge is 0.506 e. The number of carbonyl (C=O) groups excluding carboxylic acids is 2. The molecule has 1 aromatic heterocycles. The number of Topliss-reactive ketones (excluding diaryl/α,β-unsaturated/α-hetero) is 2. The molecular formula is C52H53NO3. The highest BCUT2D eigenvalue weighted by Crippen LogP contribution is 2.55. The highest BCUT2D eigenvalue weighted by molar-refractivity contribution is 6.70. The number of benzene rings is 4. The van der Waals surface area contributed by atoms with Crippen LogP contribution in [0.15, 0.2) is 60.4 Å². The molecule has 0 aliphatic heterocycles. The monoisotopic (exact) mass is 739 g/mol. The molecule has 5 aromatic rings. The van der Waals surface area contributed by atoms with Crippen LogP contribution in [0.3, 0.4) is 0 Å². The summed E-state index contributed by atoms with van der Waals surface area (Å²) in [6.07, 6.45) is 0. The van der Waals surface area contributed by atoms with Crippen molar-refractivity contribution >= 4 is 55.0 Å². The van der Waals surface area contributed by atoms with Gasteiger partial charge in [-0.3, -0.25) is 9.59 Å².